The summed E-state index contributed by atoms with van der Waals surface area (Å²) in [6.07, 6.45) is 1.09. The summed E-state index contributed by atoms with van der Waals surface area (Å²) in [5.41, 5.74) is 1.59. The molecule has 1 rings (SSSR count). The van der Waals surface area contributed by atoms with Crippen molar-refractivity contribution in [2.75, 3.05) is 32.1 Å². The predicted molar refractivity (Wildman–Crippen MR) is 74.3 cm³/mol. The minimum Gasteiger partial charge on any atom is -0.461 e. The Hall–Kier alpha value is -2.30. The average molecular weight is 262 g/mol. The van der Waals surface area contributed by atoms with E-state index in [9.17, 15) is 9.59 Å². The van der Waals surface area contributed by atoms with Gasteiger partial charge in [0.2, 0.25) is 0 Å². The Morgan fingerprint density at radius 1 is 1.32 bits per heavy atom. The molecule has 0 bridgehead atoms. The van der Waals surface area contributed by atoms with E-state index in [1.807, 2.05) is 31.1 Å². The molecule has 1 aromatic rings. The zero-order valence-corrected chi connectivity index (χ0v) is 11.2. The molecule has 0 aromatic heterocycles. The van der Waals surface area contributed by atoms with E-state index in [1.165, 1.54) is 0 Å². The van der Waals surface area contributed by atoms with E-state index in [-0.39, 0.29) is 19.1 Å². The number of hydrogen-bond acceptors (Lipinski definition) is 4. The normalized spacial score (nSPS) is 9.58. The molecule has 0 aliphatic carbocycles. The van der Waals surface area contributed by atoms with Crippen LogP contribution in [0, 0.1) is 0 Å². The van der Waals surface area contributed by atoms with Gasteiger partial charge in [0.15, 0.2) is 0 Å². The fourth-order valence-corrected chi connectivity index (χ4v) is 1.39. The van der Waals surface area contributed by atoms with Crippen LogP contribution in [0.2, 0.25) is 0 Å². The van der Waals surface area contributed by atoms with Gasteiger partial charge in [0.05, 0.1) is 6.54 Å². The Kier molecular flexibility index (Phi) is 5.60. The first kappa shape index (κ1) is 14.8. The zero-order chi connectivity index (χ0) is 14.3. The first-order valence-electron chi connectivity index (χ1n) is 5.89. The van der Waals surface area contributed by atoms with Gasteiger partial charge in [-0.25, -0.2) is 4.79 Å². The topological polar surface area (TPSA) is 58.6 Å². The summed E-state index contributed by atoms with van der Waals surface area (Å²) in [7, 11) is 3.87. The molecule has 102 valence electrons. The number of nitrogens with one attached hydrogen (secondary N) is 1. The van der Waals surface area contributed by atoms with Crippen LogP contribution < -0.4 is 10.2 Å². The van der Waals surface area contributed by atoms with Crippen molar-refractivity contribution in [3.8, 4) is 0 Å². The van der Waals surface area contributed by atoms with Crippen LogP contribution in [0.3, 0.4) is 0 Å². The van der Waals surface area contributed by atoms with Gasteiger partial charge in [0.1, 0.15) is 6.61 Å². The van der Waals surface area contributed by atoms with Crippen molar-refractivity contribution >= 4 is 17.6 Å². The van der Waals surface area contributed by atoms with E-state index in [1.54, 1.807) is 12.1 Å². The fourth-order valence-electron chi connectivity index (χ4n) is 1.39. The monoisotopic (exact) mass is 262 g/mol. The lowest BCUT2D eigenvalue weighted by molar-refractivity contribution is -0.137. The first-order valence-corrected chi connectivity index (χ1v) is 5.89. The maximum absolute atomic E-state index is 11.8. The van der Waals surface area contributed by atoms with Crippen molar-refractivity contribution in [2.45, 2.75) is 0 Å². The van der Waals surface area contributed by atoms with Gasteiger partial charge in [0, 0.05) is 31.4 Å². The van der Waals surface area contributed by atoms with E-state index in [2.05, 4.69) is 11.9 Å². The molecule has 1 amide bonds. The summed E-state index contributed by atoms with van der Waals surface area (Å²) in [6.45, 7) is 3.68. The van der Waals surface area contributed by atoms with Crippen LogP contribution in [0.5, 0.6) is 0 Å². The van der Waals surface area contributed by atoms with Crippen LogP contribution in [-0.2, 0) is 9.53 Å². The van der Waals surface area contributed by atoms with E-state index in [0.29, 0.717) is 5.56 Å². The maximum atomic E-state index is 11.8. The molecule has 19 heavy (non-hydrogen) atoms. The molecule has 0 spiro atoms. The van der Waals surface area contributed by atoms with Crippen molar-refractivity contribution in [3.05, 3.63) is 42.5 Å². The number of benzene rings is 1. The van der Waals surface area contributed by atoms with E-state index < -0.39 is 5.97 Å². The SMILES string of the molecule is C=CC(=O)OCCNC(=O)c1ccc(N(C)C)cc1. The zero-order valence-electron chi connectivity index (χ0n) is 11.2. The van der Waals surface area contributed by atoms with Crippen molar-refractivity contribution < 1.29 is 14.3 Å². The second-order valence-electron chi connectivity index (χ2n) is 4.07. The summed E-state index contributed by atoms with van der Waals surface area (Å²) >= 11 is 0. The van der Waals surface area contributed by atoms with Gasteiger partial charge in [-0.2, -0.15) is 0 Å². The number of carbonyl (C=O) groups is 2. The molecule has 0 aliphatic heterocycles. The molecule has 5 heteroatoms. The lowest BCUT2D eigenvalue weighted by Gasteiger charge is -2.12. The molecule has 0 saturated heterocycles. The highest BCUT2D eigenvalue weighted by Gasteiger charge is 2.05. The summed E-state index contributed by atoms with van der Waals surface area (Å²) in [4.78, 5) is 24.5. The van der Waals surface area contributed by atoms with Crippen LogP contribution in [0.4, 0.5) is 5.69 Å². The van der Waals surface area contributed by atoms with Gasteiger partial charge in [-0.05, 0) is 24.3 Å². The molecule has 5 nitrogen and oxygen atoms in total. The number of ether oxygens (including phenoxy) is 1. The van der Waals surface area contributed by atoms with Gasteiger partial charge in [0.25, 0.3) is 5.91 Å². The smallest absolute Gasteiger partial charge is 0.330 e. The number of nitrogens with zero attached hydrogens (tertiary/aromatic N) is 1. The Balaban J connectivity index is 2.41. The van der Waals surface area contributed by atoms with E-state index in [0.717, 1.165) is 11.8 Å². The van der Waals surface area contributed by atoms with E-state index >= 15 is 0 Å². The Labute approximate surface area is 112 Å². The van der Waals surface area contributed by atoms with Gasteiger partial charge in [-0.15, -0.1) is 0 Å². The maximum Gasteiger partial charge on any atom is 0.330 e. The average Bonchev–Trinajstić information content (AvgIpc) is 2.43. The lowest BCUT2D eigenvalue weighted by atomic mass is 10.2. The largest absolute Gasteiger partial charge is 0.461 e. The van der Waals surface area contributed by atoms with Gasteiger partial charge in [-0.1, -0.05) is 6.58 Å². The Morgan fingerprint density at radius 3 is 2.47 bits per heavy atom. The van der Waals surface area contributed by atoms with Crippen molar-refractivity contribution in [3.63, 3.8) is 0 Å². The summed E-state index contributed by atoms with van der Waals surface area (Å²) in [5.74, 6) is -0.690. The highest BCUT2D eigenvalue weighted by molar-refractivity contribution is 5.94. The second-order valence-corrected chi connectivity index (χ2v) is 4.07. The van der Waals surface area contributed by atoms with Gasteiger partial charge in [-0.3, -0.25) is 4.79 Å². The van der Waals surface area contributed by atoms with Crippen LogP contribution >= 0.6 is 0 Å². The highest BCUT2D eigenvalue weighted by Crippen LogP contribution is 2.11. The predicted octanol–water partition coefficient (Wildman–Crippen LogP) is 1.21. The number of hydrogen-bond donors (Lipinski definition) is 1. The highest BCUT2D eigenvalue weighted by atomic mass is 16.5. The molecule has 0 heterocycles. The first-order chi connectivity index (χ1) is 9.04. The van der Waals surface area contributed by atoms with E-state index in [4.69, 9.17) is 4.74 Å². The Bertz CT molecular complexity index is 452. The van der Waals surface area contributed by atoms with Crippen molar-refractivity contribution in [2.24, 2.45) is 0 Å². The summed E-state index contributed by atoms with van der Waals surface area (Å²) in [5, 5.41) is 2.66. The minimum absolute atomic E-state index is 0.131. The van der Waals surface area contributed by atoms with Crippen LogP contribution in [0.1, 0.15) is 10.4 Å². The van der Waals surface area contributed by atoms with Crippen molar-refractivity contribution in [1.82, 2.24) is 5.32 Å². The van der Waals surface area contributed by atoms with Crippen LogP contribution in [0.25, 0.3) is 0 Å². The number of esters is 1. The number of anilines is 1. The molecule has 0 fully saturated rings. The summed E-state index contributed by atoms with van der Waals surface area (Å²) in [6, 6.07) is 7.24. The molecular formula is C14H18N2O3. The Morgan fingerprint density at radius 2 is 1.95 bits per heavy atom. The summed E-state index contributed by atoms with van der Waals surface area (Å²) < 4.78 is 4.75. The molecular weight excluding hydrogens is 244 g/mol. The van der Waals surface area contributed by atoms with Crippen LogP contribution in [0.15, 0.2) is 36.9 Å². The van der Waals surface area contributed by atoms with Crippen LogP contribution in [-0.4, -0.2) is 39.1 Å². The molecule has 0 aliphatic rings. The fraction of sp³-hybridized carbons (Fsp3) is 0.286. The molecule has 1 N–H and O–H groups in total. The molecule has 0 saturated carbocycles. The van der Waals surface area contributed by atoms with Crippen molar-refractivity contribution in [1.29, 1.82) is 0 Å². The number of amides is 1. The lowest BCUT2D eigenvalue weighted by Crippen LogP contribution is -2.27. The third-order valence-electron chi connectivity index (χ3n) is 2.44. The molecule has 1 aromatic carbocycles. The quantitative estimate of drug-likeness (QED) is 0.475. The number of carbonyl (C=O) groups excluding carboxylic acids is 2. The number of rotatable bonds is 6. The minimum atomic E-state index is -0.496. The standard InChI is InChI=1S/C14H18N2O3/c1-4-13(17)19-10-9-15-14(18)11-5-7-12(8-6-11)16(2)3/h4-8H,1,9-10H2,2-3H3,(H,15,18). The molecule has 0 radical (unpaired) electrons. The van der Waals surface area contributed by atoms with Gasteiger partial charge >= 0.3 is 5.97 Å². The molecule has 0 unspecified atom stereocenters. The third kappa shape index (κ3) is 4.83. The second kappa shape index (κ2) is 7.20. The molecule has 0 atom stereocenters. The van der Waals surface area contributed by atoms with Gasteiger partial charge < -0.3 is 15.0 Å². The third-order valence-corrected chi connectivity index (χ3v) is 2.44.